The predicted octanol–water partition coefficient (Wildman–Crippen LogP) is 3.99. The summed E-state index contributed by atoms with van der Waals surface area (Å²) in [7, 11) is 0. The molecule has 0 unspecified atom stereocenters. The molecule has 1 N–H and O–H groups in total. The number of esters is 1. The second kappa shape index (κ2) is 8.04. The van der Waals surface area contributed by atoms with Gasteiger partial charge in [0.2, 0.25) is 0 Å². The minimum Gasteiger partial charge on any atom is -0.494 e. The van der Waals surface area contributed by atoms with Gasteiger partial charge in [0, 0.05) is 12.5 Å². The van der Waals surface area contributed by atoms with Gasteiger partial charge in [0.25, 0.3) is 0 Å². The first kappa shape index (κ1) is 18.1. The molecule has 24 heavy (non-hydrogen) atoms. The minimum absolute atomic E-state index is 0.261. The van der Waals surface area contributed by atoms with E-state index in [0.717, 1.165) is 29.8 Å². The minimum atomic E-state index is -0.605. The normalized spacial score (nSPS) is 15.0. The molecule has 0 aliphatic carbocycles. The van der Waals surface area contributed by atoms with E-state index in [0.29, 0.717) is 26.1 Å². The molecule has 1 heterocycles. The highest BCUT2D eigenvalue weighted by molar-refractivity contribution is 5.89. The van der Waals surface area contributed by atoms with Gasteiger partial charge in [-0.3, -0.25) is 10.1 Å². The second-order valence-corrected chi connectivity index (χ2v) is 5.82. The van der Waals surface area contributed by atoms with E-state index >= 15 is 0 Å². The van der Waals surface area contributed by atoms with Crippen LogP contribution in [0.25, 0.3) is 0 Å². The third kappa shape index (κ3) is 4.19. The van der Waals surface area contributed by atoms with Crippen molar-refractivity contribution in [2.75, 3.05) is 18.5 Å². The zero-order chi connectivity index (χ0) is 17.6. The lowest BCUT2D eigenvalue weighted by Crippen LogP contribution is -2.38. The van der Waals surface area contributed by atoms with Crippen molar-refractivity contribution in [1.29, 1.82) is 0 Å². The lowest BCUT2D eigenvalue weighted by Gasteiger charge is -2.37. The van der Waals surface area contributed by atoms with E-state index in [2.05, 4.69) is 5.32 Å². The largest absolute Gasteiger partial charge is 0.494 e. The van der Waals surface area contributed by atoms with E-state index in [-0.39, 0.29) is 5.97 Å². The first-order valence-corrected chi connectivity index (χ1v) is 8.41. The monoisotopic (exact) mass is 335 g/mol. The van der Waals surface area contributed by atoms with Crippen LogP contribution in [0, 0.1) is 0 Å². The Labute approximate surface area is 142 Å². The first-order valence-electron chi connectivity index (χ1n) is 8.41. The number of nitrogens with one attached hydrogen (secondary N) is 1. The molecule has 0 saturated heterocycles. The van der Waals surface area contributed by atoms with Crippen LogP contribution in [0.15, 0.2) is 18.2 Å². The summed E-state index contributed by atoms with van der Waals surface area (Å²) in [5.41, 5.74) is 1.12. The van der Waals surface area contributed by atoms with E-state index in [9.17, 15) is 9.59 Å². The number of anilines is 1. The van der Waals surface area contributed by atoms with E-state index in [1.54, 1.807) is 0 Å². The molecule has 1 aliphatic rings. The Morgan fingerprint density at radius 2 is 1.92 bits per heavy atom. The highest BCUT2D eigenvalue weighted by atomic mass is 16.6. The Kier molecular flexibility index (Phi) is 6.06. The number of unbranched alkanes of at least 4 members (excludes halogenated alkanes) is 1. The van der Waals surface area contributed by atoms with Crippen LogP contribution in [-0.2, 0) is 19.9 Å². The summed E-state index contributed by atoms with van der Waals surface area (Å²) in [6, 6.07) is 5.63. The molecule has 1 aromatic rings. The van der Waals surface area contributed by atoms with Crippen LogP contribution in [0.1, 0.15) is 52.0 Å². The predicted molar refractivity (Wildman–Crippen MR) is 90.2 cm³/mol. The Balaban J connectivity index is 1.99. The van der Waals surface area contributed by atoms with Crippen molar-refractivity contribution in [3.05, 3.63) is 23.8 Å². The third-order valence-corrected chi connectivity index (χ3v) is 4.26. The number of benzene rings is 1. The maximum Gasteiger partial charge on any atom is 0.412 e. The fourth-order valence-electron chi connectivity index (χ4n) is 2.85. The van der Waals surface area contributed by atoms with Crippen LogP contribution in [0.5, 0.6) is 5.75 Å². The molecule has 1 aliphatic heterocycles. The topological polar surface area (TPSA) is 73.9 Å². The van der Waals surface area contributed by atoms with Crippen molar-refractivity contribution < 1.29 is 23.8 Å². The Morgan fingerprint density at radius 3 is 2.58 bits per heavy atom. The number of hydrogen-bond acceptors (Lipinski definition) is 5. The van der Waals surface area contributed by atoms with E-state index in [1.807, 2.05) is 32.0 Å². The lowest BCUT2D eigenvalue weighted by atomic mass is 9.86. The molecule has 6 heteroatoms. The number of amides is 1. The molecule has 0 fully saturated rings. The summed E-state index contributed by atoms with van der Waals surface area (Å²) >= 11 is 0. The maximum absolute atomic E-state index is 11.8. The van der Waals surface area contributed by atoms with Gasteiger partial charge in [0.15, 0.2) is 0 Å². The fraction of sp³-hybridized carbons (Fsp3) is 0.556. The molecule has 2 rings (SSSR count). The summed E-state index contributed by atoms with van der Waals surface area (Å²) in [4.78, 5) is 22.4. The van der Waals surface area contributed by atoms with Crippen molar-refractivity contribution in [1.82, 2.24) is 0 Å². The Bertz CT molecular complexity index is 595. The molecule has 132 valence electrons. The van der Waals surface area contributed by atoms with Crippen molar-refractivity contribution in [3.8, 4) is 5.75 Å². The molecule has 1 aromatic carbocycles. The van der Waals surface area contributed by atoms with Crippen molar-refractivity contribution >= 4 is 17.7 Å². The lowest BCUT2D eigenvalue weighted by molar-refractivity contribution is -0.141. The van der Waals surface area contributed by atoms with Gasteiger partial charge in [-0.05, 0) is 43.9 Å². The summed E-state index contributed by atoms with van der Waals surface area (Å²) in [5, 5.41) is 2.74. The Morgan fingerprint density at radius 1 is 1.21 bits per heavy atom. The van der Waals surface area contributed by atoms with Gasteiger partial charge in [-0.25, -0.2) is 4.79 Å². The molecule has 0 bridgehead atoms. The van der Waals surface area contributed by atoms with Crippen LogP contribution in [0.4, 0.5) is 10.5 Å². The zero-order valence-corrected chi connectivity index (χ0v) is 14.5. The van der Waals surface area contributed by atoms with Gasteiger partial charge in [-0.2, -0.15) is 0 Å². The zero-order valence-electron chi connectivity index (χ0n) is 14.5. The van der Waals surface area contributed by atoms with Crippen LogP contribution in [0.3, 0.4) is 0 Å². The number of hydrogen-bond donors (Lipinski definition) is 1. The number of carbonyl (C=O) groups excluding carboxylic acids is 2. The average Bonchev–Trinajstić information content (AvgIpc) is 2.57. The second-order valence-electron chi connectivity index (χ2n) is 5.82. The molecular weight excluding hydrogens is 310 g/mol. The maximum atomic E-state index is 11.8. The molecular formula is C18H25NO5. The summed E-state index contributed by atoms with van der Waals surface area (Å²) in [6.45, 7) is 6.37. The summed E-state index contributed by atoms with van der Waals surface area (Å²) in [5.74, 6) is 0.482. The van der Waals surface area contributed by atoms with Crippen molar-refractivity contribution in [2.45, 2.75) is 52.1 Å². The van der Waals surface area contributed by atoms with Gasteiger partial charge in [-0.1, -0.05) is 13.8 Å². The fourth-order valence-corrected chi connectivity index (χ4v) is 2.85. The molecule has 0 atom stereocenters. The molecule has 0 radical (unpaired) electrons. The highest BCUT2D eigenvalue weighted by Gasteiger charge is 2.39. The standard InChI is InChI=1S/C18H25NO5/c1-4-18(5-2)15-12-14(8-9-16(15)19-17(21)24-18)23-11-7-6-10-22-13(3)20/h8-9,12H,4-7,10-11H2,1-3H3,(H,19,21). The van der Waals surface area contributed by atoms with Gasteiger partial charge < -0.3 is 14.2 Å². The number of ether oxygens (including phenoxy) is 3. The van der Waals surface area contributed by atoms with Gasteiger partial charge in [0.05, 0.1) is 18.9 Å². The van der Waals surface area contributed by atoms with Gasteiger partial charge in [-0.15, -0.1) is 0 Å². The van der Waals surface area contributed by atoms with Crippen LogP contribution in [-0.4, -0.2) is 25.3 Å². The summed E-state index contributed by atoms with van der Waals surface area (Å²) < 4.78 is 16.2. The first-order chi connectivity index (χ1) is 11.5. The smallest absolute Gasteiger partial charge is 0.412 e. The van der Waals surface area contributed by atoms with Crippen LogP contribution >= 0.6 is 0 Å². The van der Waals surface area contributed by atoms with Crippen molar-refractivity contribution in [2.24, 2.45) is 0 Å². The van der Waals surface area contributed by atoms with Crippen molar-refractivity contribution in [3.63, 3.8) is 0 Å². The molecule has 0 saturated carbocycles. The number of rotatable bonds is 8. The molecule has 0 spiro atoms. The van der Waals surface area contributed by atoms with Gasteiger partial charge >= 0.3 is 12.1 Å². The van der Waals surface area contributed by atoms with E-state index < -0.39 is 11.7 Å². The van der Waals surface area contributed by atoms with E-state index in [4.69, 9.17) is 14.2 Å². The van der Waals surface area contributed by atoms with Crippen LogP contribution < -0.4 is 10.1 Å². The third-order valence-electron chi connectivity index (χ3n) is 4.26. The number of cyclic esters (lactones) is 1. The summed E-state index contributed by atoms with van der Waals surface area (Å²) in [6.07, 6.45) is 2.55. The van der Waals surface area contributed by atoms with E-state index in [1.165, 1.54) is 6.92 Å². The average molecular weight is 335 g/mol. The molecule has 0 aromatic heterocycles. The molecule has 6 nitrogen and oxygen atoms in total. The van der Waals surface area contributed by atoms with Gasteiger partial charge in [0.1, 0.15) is 11.4 Å². The SMILES string of the molecule is CCC1(CC)OC(=O)Nc2ccc(OCCCCOC(C)=O)cc21. The number of fused-ring (bicyclic) bond motifs is 1. The number of carbonyl (C=O) groups is 2. The van der Waals surface area contributed by atoms with Crippen LogP contribution in [0.2, 0.25) is 0 Å². The quantitative estimate of drug-likeness (QED) is 0.574. The Hall–Kier alpha value is -2.24. The highest BCUT2D eigenvalue weighted by Crippen LogP contribution is 2.42. The molecule has 1 amide bonds.